The van der Waals surface area contributed by atoms with Gasteiger partial charge in [0, 0.05) is 36.7 Å². The molecule has 0 fully saturated rings. The summed E-state index contributed by atoms with van der Waals surface area (Å²) in [5.41, 5.74) is 2.46. The van der Waals surface area contributed by atoms with E-state index in [4.69, 9.17) is 9.47 Å². The van der Waals surface area contributed by atoms with E-state index < -0.39 is 0 Å². The maximum absolute atomic E-state index is 13.2. The Balaban J connectivity index is 1.40. The third-order valence-electron chi connectivity index (χ3n) is 5.44. The number of aromatic nitrogens is 1. The van der Waals surface area contributed by atoms with Crippen LogP contribution in [-0.4, -0.2) is 36.0 Å². The normalized spacial score (nSPS) is 11.7. The van der Waals surface area contributed by atoms with Crippen molar-refractivity contribution < 1.29 is 23.9 Å². The van der Waals surface area contributed by atoms with Crippen molar-refractivity contribution in [2.75, 3.05) is 23.6 Å². The van der Waals surface area contributed by atoms with Crippen LogP contribution >= 0.6 is 11.3 Å². The first-order valence-electron chi connectivity index (χ1n) is 11.3. The SMILES string of the molecule is CCc1ccccc1N(CC(=O)NCc1ccc2c(c1)OCO2)C(=O)CCC(=O)Nc1nccs1. The molecule has 1 aliphatic rings. The lowest BCUT2D eigenvalue weighted by molar-refractivity contribution is -0.125. The van der Waals surface area contributed by atoms with Gasteiger partial charge in [-0.2, -0.15) is 0 Å². The predicted molar refractivity (Wildman–Crippen MR) is 133 cm³/mol. The highest BCUT2D eigenvalue weighted by Crippen LogP contribution is 2.32. The van der Waals surface area contributed by atoms with Gasteiger partial charge in [-0.25, -0.2) is 4.98 Å². The Labute approximate surface area is 207 Å². The first kappa shape index (κ1) is 24.2. The van der Waals surface area contributed by atoms with Gasteiger partial charge in [0.15, 0.2) is 16.6 Å². The lowest BCUT2D eigenvalue weighted by Gasteiger charge is -2.25. The molecule has 0 unspecified atom stereocenters. The van der Waals surface area contributed by atoms with Crippen LogP contribution in [-0.2, 0) is 27.3 Å². The summed E-state index contributed by atoms with van der Waals surface area (Å²) in [6.45, 7) is 2.29. The van der Waals surface area contributed by atoms with E-state index in [9.17, 15) is 14.4 Å². The van der Waals surface area contributed by atoms with Crippen molar-refractivity contribution in [2.45, 2.75) is 32.7 Å². The molecule has 182 valence electrons. The van der Waals surface area contributed by atoms with Gasteiger partial charge in [0.25, 0.3) is 0 Å². The monoisotopic (exact) mass is 494 g/mol. The van der Waals surface area contributed by atoms with Crippen LogP contribution in [0.2, 0.25) is 0 Å². The Morgan fingerprint density at radius 1 is 1.06 bits per heavy atom. The number of nitrogens with zero attached hydrogens (tertiary/aromatic N) is 2. The Morgan fingerprint density at radius 2 is 1.89 bits per heavy atom. The number of thiazole rings is 1. The number of carbonyl (C=O) groups is 3. The van der Waals surface area contributed by atoms with E-state index in [2.05, 4.69) is 15.6 Å². The number of aryl methyl sites for hydroxylation is 1. The van der Waals surface area contributed by atoms with Crippen LogP contribution in [0.15, 0.2) is 54.0 Å². The lowest BCUT2D eigenvalue weighted by atomic mass is 10.1. The number of benzene rings is 2. The number of ether oxygens (including phenoxy) is 2. The van der Waals surface area contributed by atoms with Crippen molar-refractivity contribution in [1.82, 2.24) is 10.3 Å². The number of hydrogen-bond acceptors (Lipinski definition) is 7. The summed E-state index contributed by atoms with van der Waals surface area (Å²) in [6.07, 6.45) is 2.24. The van der Waals surface area contributed by atoms with E-state index in [1.165, 1.54) is 16.2 Å². The summed E-state index contributed by atoms with van der Waals surface area (Å²) in [4.78, 5) is 43.7. The van der Waals surface area contributed by atoms with E-state index in [0.29, 0.717) is 28.7 Å². The van der Waals surface area contributed by atoms with Crippen molar-refractivity contribution in [1.29, 1.82) is 0 Å². The molecule has 0 aliphatic carbocycles. The van der Waals surface area contributed by atoms with Gasteiger partial charge in [-0.05, 0) is 35.7 Å². The maximum atomic E-state index is 13.2. The van der Waals surface area contributed by atoms with E-state index in [1.807, 2.05) is 43.3 Å². The van der Waals surface area contributed by atoms with Crippen molar-refractivity contribution in [3.8, 4) is 11.5 Å². The van der Waals surface area contributed by atoms with E-state index >= 15 is 0 Å². The average Bonchev–Trinajstić information content (AvgIpc) is 3.56. The molecule has 2 heterocycles. The Bertz CT molecular complexity index is 1200. The molecule has 1 aliphatic heterocycles. The first-order chi connectivity index (χ1) is 17.0. The summed E-state index contributed by atoms with van der Waals surface area (Å²) < 4.78 is 10.7. The molecular formula is C25H26N4O5S. The summed E-state index contributed by atoms with van der Waals surface area (Å²) >= 11 is 1.31. The fraction of sp³-hybridized carbons (Fsp3) is 0.280. The van der Waals surface area contributed by atoms with Crippen LogP contribution in [0.5, 0.6) is 11.5 Å². The summed E-state index contributed by atoms with van der Waals surface area (Å²) in [6, 6.07) is 12.9. The third-order valence-corrected chi connectivity index (χ3v) is 6.13. The minimum atomic E-state index is -0.311. The fourth-order valence-corrected chi connectivity index (χ4v) is 4.20. The molecule has 3 aromatic rings. The smallest absolute Gasteiger partial charge is 0.240 e. The molecule has 4 rings (SSSR count). The number of anilines is 2. The minimum absolute atomic E-state index is 0.0119. The lowest BCUT2D eigenvalue weighted by Crippen LogP contribution is -2.41. The molecule has 0 spiro atoms. The Hall–Kier alpha value is -3.92. The number of para-hydroxylation sites is 1. The number of hydrogen-bond donors (Lipinski definition) is 2. The van der Waals surface area contributed by atoms with Crippen molar-refractivity contribution in [2.24, 2.45) is 0 Å². The minimum Gasteiger partial charge on any atom is -0.454 e. The number of rotatable bonds is 10. The number of fused-ring (bicyclic) bond motifs is 1. The first-order valence-corrected chi connectivity index (χ1v) is 12.1. The molecule has 3 amide bonds. The summed E-state index contributed by atoms with van der Waals surface area (Å²) in [7, 11) is 0. The van der Waals surface area contributed by atoms with Gasteiger partial charge < -0.3 is 25.0 Å². The topological polar surface area (TPSA) is 110 Å². The van der Waals surface area contributed by atoms with Crippen LogP contribution in [0.3, 0.4) is 0 Å². The zero-order chi connectivity index (χ0) is 24.6. The molecule has 0 bridgehead atoms. The van der Waals surface area contributed by atoms with Crippen LogP contribution < -0.4 is 25.0 Å². The zero-order valence-electron chi connectivity index (χ0n) is 19.3. The second-order valence-electron chi connectivity index (χ2n) is 7.81. The van der Waals surface area contributed by atoms with Crippen molar-refractivity contribution in [3.05, 3.63) is 65.2 Å². The molecule has 1 aromatic heterocycles. The van der Waals surface area contributed by atoms with Gasteiger partial charge in [0.1, 0.15) is 6.54 Å². The molecular weight excluding hydrogens is 468 g/mol. The molecule has 0 saturated heterocycles. The highest BCUT2D eigenvalue weighted by Gasteiger charge is 2.22. The molecule has 10 heteroatoms. The van der Waals surface area contributed by atoms with Crippen LogP contribution in [0.1, 0.15) is 30.9 Å². The zero-order valence-corrected chi connectivity index (χ0v) is 20.1. The Kier molecular flexibility index (Phi) is 7.94. The molecule has 0 atom stereocenters. The molecule has 0 saturated carbocycles. The van der Waals surface area contributed by atoms with Crippen LogP contribution in [0.4, 0.5) is 10.8 Å². The quantitative estimate of drug-likeness (QED) is 0.446. The number of amides is 3. The van der Waals surface area contributed by atoms with E-state index in [1.54, 1.807) is 17.6 Å². The molecule has 0 radical (unpaired) electrons. The highest BCUT2D eigenvalue weighted by molar-refractivity contribution is 7.13. The third kappa shape index (κ3) is 6.36. The van der Waals surface area contributed by atoms with Gasteiger partial charge in [-0.1, -0.05) is 31.2 Å². The van der Waals surface area contributed by atoms with Gasteiger partial charge in [0.05, 0.1) is 0 Å². The molecule has 35 heavy (non-hydrogen) atoms. The molecule has 2 aromatic carbocycles. The van der Waals surface area contributed by atoms with E-state index in [-0.39, 0.29) is 50.4 Å². The van der Waals surface area contributed by atoms with Gasteiger partial charge in [-0.15, -0.1) is 11.3 Å². The van der Waals surface area contributed by atoms with Gasteiger partial charge in [-0.3, -0.25) is 14.4 Å². The number of nitrogens with one attached hydrogen (secondary N) is 2. The molecule has 9 nitrogen and oxygen atoms in total. The largest absolute Gasteiger partial charge is 0.454 e. The van der Waals surface area contributed by atoms with Crippen molar-refractivity contribution >= 4 is 39.9 Å². The molecule has 2 N–H and O–H groups in total. The fourth-order valence-electron chi connectivity index (χ4n) is 3.65. The summed E-state index contributed by atoms with van der Waals surface area (Å²) in [5, 5.41) is 7.78. The average molecular weight is 495 g/mol. The van der Waals surface area contributed by atoms with Gasteiger partial charge in [0.2, 0.25) is 24.5 Å². The van der Waals surface area contributed by atoms with E-state index in [0.717, 1.165) is 11.1 Å². The van der Waals surface area contributed by atoms with Gasteiger partial charge >= 0.3 is 0 Å². The Morgan fingerprint density at radius 3 is 2.69 bits per heavy atom. The second-order valence-corrected chi connectivity index (χ2v) is 8.71. The second kappa shape index (κ2) is 11.5. The number of carbonyl (C=O) groups excluding carboxylic acids is 3. The van der Waals surface area contributed by atoms with Crippen LogP contribution in [0, 0.1) is 0 Å². The highest BCUT2D eigenvalue weighted by atomic mass is 32.1. The summed E-state index contributed by atoms with van der Waals surface area (Å²) in [5.74, 6) is 0.394. The maximum Gasteiger partial charge on any atom is 0.240 e. The van der Waals surface area contributed by atoms with Crippen LogP contribution in [0.25, 0.3) is 0 Å². The predicted octanol–water partition coefficient (Wildman–Crippen LogP) is 3.50. The standard InChI is InChI=1S/C25H26N4O5S/c1-2-18-5-3-4-6-19(18)29(24(32)10-9-22(30)28-25-26-11-12-35-25)15-23(31)27-14-17-7-8-20-21(13-17)34-16-33-20/h3-8,11-13H,2,9-10,14-16H2,1H3,(H,27,31)(H,26,28,30). The van der Waals surface area contributed by atoms with Crippen molar-refractivity contribution in [3.63, 3.8) is 0 Å².